The number of carbonyl (C=O) groups excluding carboxylic acids is 1. The number of rotatable bonds is 7. The van der Waals surface area contributed by atoms with E-state index in [-0.39, 0.29) is 35.0 Å². The lowest BCUT2D eigenvalue weighted by molar-refractivity contribution is -0.146. The summed E-state index contributed by atoms with van der Waals surface area (Å²) in [7, 11) is -4.03. The molecule has 2 aliphatic rings. The molecule has 0 radical (unpaired) electrons. The third kappa shape index (κ3) is 6.45. The molecule has 0 aliphatic carbocycles. The highest BCUT2D eigenvalue weighted by molar-refractivity contribution is 7.92. The second-order valence-corrected chi connectivity index (χ2v) is 10.7. The zero-order valence-electron chi connectivity index (χ0n) is 19.1. The Hall–Kier alpha value is -2.89. The van der Waals surface area contributed by atoms with Gasteiger partial charge in [-0.25, -0.2) is 8.42 Å². The molecule has 1 atom stereocenters. The first-order valence-corrected chi connectivity index (χ1v) is 13.1. The highest BCUT2D eigenvalue weighted by Gasteiger charge is 2.32. The van der Waals surface area contributed by atoms with Gasteiger partial charge in [0.15, 0.2) is 5.78 Å². The summed E-state index contributed by atoms with van der Waals surface area (Å²) in [5.74, 6) is -0.752. The van der Waals surface area contributed by atoms with Gasteiger partial charge in [-0.15, -0.1) is 0 Å². The van der Waals surface area contributed by atoms with Crippen LogP contribution in [0.15, 0.2) is 64.6 Å². The Morgan fingerprint density at radius 1 is 1.08 bits per heavy atom. The minimum Gasteiger partial charge on any atom is -0.369 e. The van der Waals surface area contributed by atoms with Crippen molar-refractivity contribution in [3.05, 3.63) is 65.3 Å². The van der Waals surface area contributed by atoms with E-state index in [1.807, 2.05) is 4.90 Å². The molecule has 0 amide bonds. The highest BCUT2D eigenvalue weighted by Crippen LogP contribution is 2.29. The highest BCUT2D eigenvalue weighted by atomic mass is 35.5. The number of allylic oxidation sites excluding steroid dienone is 1. The van der Waals surface area contributed by atoms with Gasteiger partial charge in [-0.1, -0.05) is 17.7 Å². The number of ketones is 1. The van der Waals surface area contributed by atoms with Crippen molar-refractivity contribution < 1.29 is 26.4 Å². The predicted molar refractivity (Wildman–Crippen MR) is 133 cm³/mol. The number of alkyl halides is 3. The topological polar surface area (TPSA) is 82.1 Å². The van der Waals surface area contributed by atoms with Crippen LogP contribution in [0.5, 0.6) is 0 Å². The third-order valence-electron chi connectivity index (χ3n) is 5.98. The van der Waals surface area contributed by atoms with Gasteiger partial charge in [0.25, 0.3) is 10.0 Å². The third-order valence-corrected chi connectivity index (χ3v) is 7.60. The Morgan fingerprint density at radius 3 is 2.39 bits per heavy atom. The number of halogens is 4. The fourth-order valence-electron chi connectivity index (χ4n) is 4.13. The molecular weight excluding hydrogens is 517 g/mol. The largest absolute Gasteiger partial charge is 0.401 e. The van der Waals surface area contributed by atoms with Crippen LogP contribution < -0.4 is 9.62 Å². The van der Waals surface area contributed by atoms with Gasteiger partial charge in [0.05, 0.1) is 17.1 Å². The molecule has 1 saturated heterocycles. The van der Waals surface area contributed by atoms with E-state index >= 15 is 0 Å². The molecule has 0 spiro atoms. The van der Waals surface area contributed by atoms with Gasteiger partial charge in [-0.2, -0.15) is 13.2 Å². The number of Topliss-reactive ketones (excluding diaryl/α,β-unsaturated/α-hetero) is 1. The lowest BCUT2D eigenvalue weighted by atomic mass is 9.93. The van der Waals surface area contributed by atoms with Gasteiger partial charge < -0.3 is 4.90 Å². The Bertz CT molecular complexity index is 1270. The number of sulfonamides is 1. The maximum absolute atomic E-state index is 13.1. The average molecular weight is 541 g/mol. The Balaban J connectivity index is 1.46. The minimum atomic E-state index is -4.24. The SMILES string of the molecule is O=C(c1cc(Cl)ccc1NS(=O)(=O)c1ccc(N2CCN(CC(F)(F)F)CC2)cc1)C1C=CN=CC1. The number of piperazine rings is 1. The van der Waals surface area contributed by atoms with Gasteiger partial charge in [0, 0.05) is 60.8 Å². The molecule has 2 aliphatic heterocycles. The molecular formula is C24H24ClF3N4O3S. The van der Waals surface area contributed by atoms with Crippen LogP contribution in [-0.2, 0) is 10.0 Å². The second-order valence-electron chi connectivity index (χ2n) is 8.55. The van der Waals surface area contributed by atoms with E-state index in [1.165, 1.54) is 41.4 Å². The van der Waals surface area contributed by atoms with Crippen molar-refractivity contribution >= 4 is 45.0 Å². The maximum Gasteiger partial charge on any atom is 0.401 e. The summed E-state index contributed by atoms with van der Waals surface area (Å²) in [5, 5.41) is 0.300. The van der Waals surface area contributed by atoms with Crippen molar-refractivity contribution in [1.82, 2.24) is 4.90 Å². The van der Waals surface area contributed by atoms with Crippen molar-refractivity contribution in [3.8, 4) is 0 Å². The van der Waals surface area contributed by atoms with Gasteiger partial charge in [-0.3, -0.25) is 19.4 Å². The van der Waals surface area contributed by atoms with Crippen molar-refractivity contribution in [2.24, 2.45) is 10.9 Å². The summed E-state index contributed by atoms with van der Waals surface area (Å²) in [6.07, 6.45) is 0.969. The standard InChI is InChI=1S/C24H24ClF3N4O3S/c25-18-1-6-22(21(15-18)23(33)17-7-9-29-10-8-17)30-36(34,35)20-4-2-19(3-5-20)32-13-11-31(12-14-32)16-24(26,27)28/h1-7,9-10,15,17,30H,8,11-14,16H2. The van der Waals surface area contributed by atoms with Crippen molar-refractivity contribution in [3.63, 3.8) is 0 Å². The molecule has 1 unspecified atom stereocenters. The number of aliphatic imine (C=N–C) groups is 1. The Kier molecular flexibility index (Phi) is 7.72. The lowest BCUT2D eigenvalue weighted by Crippen LogP contribution is -2.49. The molecule has 0 saturated carbocycles. The van der Waals surface area contributed by atoms with Gasteiger partial charge in [0.2, 0.25) is 0 Å². The van der Waals surface area contributed by atoms with Crippen LogP contribution in [0.25, 0.3) is 0 Å². The number of hydrogen-bond acceptors (Lipinski definition) is 6. The molecule has 1 fully saturated rings. The molecule has 12 heteroatoms. The number of nitrogens with one attached hydrogen (secondary N) is 1. The molecule has 2 heterocycles. The molecule has 0 bridgehead atoms. The molecule has 1 N–H and O–H groups in total. The zero-order chi connectivity index (χ0) is 25.9. The first-order valence-electron chi connectivity index (χ1n) is 11.2. The summed E-state index contributed by atoms with van der Waals surface area (Å²) in [6.45, 7) is 0.380. The van der Waals surface area contributed by atoms with Crippen LogP contribution in [0.4, 0.5) is 24.5 Å². The first kappa shape index (κ1) is 26.2. The molecule has 7 nitrogen and oxygen atoms in total. The molecule has 192 valence electrons. The van der Waals surface area contributed by atoms with Crippen LogP contribution in [-0.4, -0.2) is 64.2 Å². The molecule has 36 heavy (non-hydrogen) atoms. The van der Waals surface area contributed by atoms with Crippen LogP contribution in [0.2, 0.25) is 5.02 Å². The molecule has 4 rings (SSSR count). The van der Waals surface area contributed by atoms with Crippen molar-refractivity contribution in [2.45, 2.75) is 17.5 Å². The molecule has 2 aromatic rings. The number of hydrogen-bond donors (Lipinski definition) is 1. The van der Waals surface area contributed by atoms with Gasteiger partial charge >= 0.3 is 6.18 Å². The van der Waals surface area contributed by atoms with Gasteiger partial charge in [-0.05, 0) is 48.9 Å². The predicted octanol–water partition coefficient (Wildman–Crippen LogP) is 4.61. The first-order chi connectivity index (χ1) is 17.0. The van der Waals surface area contributed by atoms with E-state index < -0.39 is 28.7 Å². The van der Waals surface area contributed by atoms with E-state index in [2.05, 4.69) is 9.71 Å². The van der Waals surface area contributed by atoms with Crippen molar-refractivity contribution in [1.29, 1.82) is 0 Å². The Labute approximate surface area is 212 Å². The average Bonchev–Trinajstić information content (AvgIpc) is 2.85. The summed E-state index contributed by atoms with van der Waals surface area (Å²) >= 11 is 6.08. The van der Waals surface area contributed by atoms with E-state index in [0.717, 1.165) is 0 Å². The fourth-order valence-corrected chi connectivity index (χ4v) is 5.38. The van der Waals surface area contributed by atoms with Crippen LogP contribution in [0, 0.1) is 5.92 Å². The van der Waals surface area contributed by atoms with E-state index in [1.54, 1.807) is 24.4 Å². The van der Waals surface area contributed by atoms with Crippen LogP contribution in [0.3, 0.4) is 0 Å². The van der Waals surface area contributed by atoms with Crippen LogP contribution in [0.1, 0.15) is 16.8 Å². The summed E-state index contributed by atoms with van der Waals surface area (Å²) in [6, 6.07) is 10.5. The second kappa shape index (κ2) is 10.6. The Morgan fingerprint density at radius 2 is 1.78 bits per heavy atom. The monoisotopic (exact) mass is 540 g/mol. The number of nitrogens with zero attached hydrogens (tertiary/aromatic N) is 3. The maximum atomic E-state index is 13.1. The van der Waals surface area contributed by atoms with E-state index in [4.69, 9.17) is 11.6 Å². The number of anilines is 2. The number of benzene rings is 2. The smallest absolute Gasteiger partial charge is 0.369 e. The molecule has 0 aromatic heterocycles. The summed E-state index contributed by atoms with van der Waals surface area (Å²) in [5.41, 5.74) is 0.989. The zero-order valence-corrected chi connectivity index (χ0v) is 20.7. The van der Waals surface area contributed by atoms with E-state index in [9.17, 15) is 26.4 Å². The number of carbonyl (C=O) groups is 1. The minimum absolute atomic E-state index is 0.0139. The lowest BCUT2D eigenvalue weighted by Gasteiger charge is -2.36. The fraction of sp³-hybridized carbons (Fsp3) is 0.333. The summed E-state index contributed by atoms with van der Waals surface area (Å²) < 4.78 is 66.5. The normalized spacial score (nSPS) is 18.9. The van der Waals surface area contributed by atoms with Crippen molar-refractivity contribution in [2.75, 3.05) is 42.3 Å². The quantitative estimate of drug-likeness (QED) is 0.519. The van der Waals surface area contributed by atoms with E-state index in [0.29, 0.717) is 30.2 Å². The molecule has 2 aromatic carbocycles. The summed E-state index contributed by atoms with van der Waals surface area (Å²) in [4.78, 5) is 20.2. The van der Waals surface area contributed by atoms with Gasteiger partial charge in [0.1, 0.15) is 0 Å². The van der Waals surface area contributed by atoms with Crippen LogP contribution >= 0.6 is 11.6 Å².